The Morgan fingerprint density at radius 1 is 1.00 bits per heavy atom. The van der Waals surface area contributed by atoms with Gasteiger partial charge in [0, 0.05) is 32.7 Å². The summed E-state index contributed by atoms with van der Waals surface area (Å²) >= 11 is 0. The Bertz CT molecular complexity index is 735. The second-order valence-electron chi connectivity index (χ2n) is 6.84. The van der Waals surface area contributed by atoms with Gasteiger partial charge in [-0.15, -0.1) is 0 Å². The molecule has 0 aliphatic carbocycles. The lowest BCUT2D eigenvalue weighted by atomic mass is 10.1. The molecule has 2 aromatic rings. The van der Waals surface area contributed by atoms with Crippen LogP contribution in [0.3, 0.4) is 0 Å². The maximum atomic E-state index is 13.1. The lowest BCUT2D eigenvalue weighted by Gasteiger charge is -2.41. The second kappa shape index (κ2) is 7.37. The van der Waals surface area contributed by atoms with E-state index in [1.807, 2.05) is 17.0 Å². The summed E-state index contributed by atoms with van der Waals surface area (Å²) in [6, 6.07) is 6.64. The molecule has 2 aliphatic heterocycles. The fourth-order valence-electron chi connectivity index (χ4n) is 3.75. The number of likely N-dealkylation sites (tertiary alicyclic amines) is 1. The molecule has 0 radical (unpaired) electrons. The van der Waals surface area contributed by atoms with Crippen LogP contribution >= 0.6 is 0 Å². The van der Waals surface area contributed by atoms with Crippen molar-refractivity contribution in [3.05, 3.63) is 48.3 Å². The molecular weight excluding hydrogens is 334 g/mol. The normalized spacial score (nSPS) is 21.3. The first-order chi connectivity index (χ1) is 12.7. The molecule has 0 spiro atoms. The van der Waals surface area contributed by atoms with Crippen LogP contribution in [0, 0.1) is 0 Å². The van der Waals surface area contributed by atoms with Crippen LogP contribution in [-0.2, 0) is 11.3 Å². The molecule has 1 atom stereocenters. The van der Waals surface area contributed by atoms with Crippen LogP contribution in [0.25, 0.3) is 0 Å². The molecule has 1 unspecified atom stereocenters. The van der Waals surface area contributed by atoms with Crippen LogP contribution in [0.2, 0.25) is 0 Å². The highest BCUT2D eigenvalue weighted by Crippen LogP contribution is 2.20. The number of piperazine rings is 1. The lowest BCUT2D eigenvalue weighted by molar-refractivity contribution is -0.137. The zero-order chi connectivity index (χ0) is 17.9. The van der Waals surface area contributed by atoms with Gasteiger partial charge in [-0.25, -0.2) is 0 Å². The fraction of sp³-hybridized carbons (Fsp3) is 0.474. The number of carbonyl (C=O) groups is 2. The highest BCUT2D eigenvalue weighted by atomic mass is 16.3. The maximum Gasteiger partial charge on any atom is 0.290 e. The Morgan fingerprint density at radius 3 is 2.46 bits per heavy atom. The van der Waals surface area contributed by atoms with E-state index in [1.165, 1.54) is 6.26 Å². The number of rotatable bonds is 4. The Hall–Kier alpha value is -2.54. The molecule has 7 heteroatoms. The molecule has 2 amide bonds. The predicted octanol–water partition coefficient (Wildman–Crippen LogP) is 1.82. The predicted molar refractivity (Wildman–Crippen MR) is 93.3 cm³/mol. The highest BCUT2D eigenvalue weighted by molar-refractivity contribution is 5.95. The number of furan rings is 2. The number of hydrogen-bond donors (Lipinski definition) is 0. The first kappa shape index (κ1) is 16.9. The summed E-state index contributed by atoms with van der Waals surface area (Å²) in [7, 11) is 0. The SMILES string of the molecule is O=C(C1CN(Cc2ccco2)CCN1C(=O)c1ccco1)N1CCCC1. The standard InChI is InChI=1S/C19H23N3O4/c23-18(21-7-1-2-8-21)16-14-20(13-15-5-3-11-25-15)9-10-22(16)19(24)17-6-4-12-26-17/h3-6,11-12,16H,1-2,7-10,13-14H2. The highest BCUT2D eigenvalue weighted by Gasteiger charge is 2.39. The van der Waals surface area contributed by atoms with Crippen LogP contribution in [-0.4, -0.2) is 65.3 Å². The topological polar surface area (TPSA) is 70.1 Å². The van der Waals surface area contributed by atoms with E-state index in [4.69, 9.17) is 8.83 Å². The monoisotopic (exact) mass is 357 g/mol. The first-order valence-electron chi connectivity index (χ1n) is 9.10. The van der Waals surface area contributed by atoms with Crippen LogP contribution in [0.5, 0.6) is 0 Å². The minimum atomic E-state index is -0.491. The molecule has 0 N–H and O–H groups in total. The van der Waals surface area contributed by atoms with Gasteiger partial charge in [0.1, 0.15) is 11.8 Å². The molecule has 2 saturated heterocycles. The summed E-state index contributed by atoms with van der Waals surface area (Å²) in [5, 5.41) is 0. The van der Waals surface area contributed by atoms with Gasteiger partial charge in [0.05, 0.1) is 19.1 Å². The Balaban J connectivity index is 1.52. The smallest absolute Gasteiger partial charge is 0.290 e. The van der Waals surface area contributed by atoms with Crippen molar-refractivity contribution < 1.29 is 18.4 Å². The number of nitrogens with zero attached hydrogens (tertiary/aromatic N) is 3. The van der Waals surface area contributed by atoms with Crippen molar-refractivity contribution in [2.75, 3.05) is 32.7 Å². The molecule has 7 nitrogen and oxygen atoms in total. The van der Waals surface area contributed by atoms with Crippen molar-refractivity contribution in [3.8, 4) is 0 Å². The molecular formula is C19H23N3O4. The summed E-state index contributed by atoms with van der Waals surface area (Å²) < 4.78 is 10.7. The zero-order valence-corrected chi connectivity index (χ0v) is 14.7. The molecule has 26 heavy (non-hydrogen) atoms. The molecule has 2 aromatic heterocycles. The average molecular weight is 357 g/mol. The van der Waals surface area contributed by atoms with Crippen molar-refractivity contribution in [1.29, 1.82) is 0 Å². The molecule has 0 bridgehead atoms. The van der Waals surface area contributed by atoms with E-state index in [0.29, 0.717) is 26.2 Å². The van der Waals surface area contributed by atoms with Gasteiger partial charge in [0.15, 0.2) is 5.76 Å². The van der Waals surface area contributed by atoms with E-state index in [9.17, 15) is 9.59 Å². The third-order valence-electron chi connectivity index (χ3n) is 5.12. The van der Waals surface area contributed by atoms with Gasteiger partial charge in [0.25, 0.3) is 5.91 Å². The Kier molecular flexibility index (Phi) is 4.79. The quantitative estimate of drug-likeness (QED) is 0.835. The third kappa shape index (κ3) is 3.39. The number of hydrogen-bond acceptors (Lipinski definition) is 5. The third-order valence-corrected chi connectivity index (χ3v) is 5.12. The first-order valence-corrected chi connectivity index (χ1v) is 9.10. The van der Waals surface area contributed by atoms with E-state index in [-0.39, 0.29) is 17.6 Å². The summed E-state index contributed by atoms with van der Waals surface area (Å²) in [5.74, 6) is 0.962. The summed E-state index contributed by atoms with van der Waals surface area (Å²) in [6.07, 6.45) is 5.19. The van der Waals surface area contributed by atoms with Crippen LogP contribution in [0.1, 0.15) is 29.2 Å². The maximum absolute atomic E-state index is 13.1. The summed E-state index contributed by atoms with van der Waals surface area (Å²) in [4.78, 5) is 31.6. The Labute approximate surface area is 152 Å². The van der Waals surface area contributed by atoms with Gasteiger partial charge in [-0.1, -0.05) is 0 Å². The van der Waals surface area contributed by atoms with Gasteiger partial charge < -0.3 is 18.6 Å². The van der Waals surface area contributed by atoms with Crippen LogP contribution in [0.15, 0.2) is 45.6 Å². The molecule has 2 fully saturated rings. The van der Waals surface area contributed by atoms with Gasteiger partial charge in [-0.2, -0.15) is 0 Å². The van der Waals surface area contributed by atoms with E-state index >= 15 is 0 Å². The zero-order valence-electron chi connectivity index (χ0n) is 14.7. The molecule has 4 heterocycles. The van der Waals surface area contributed by atoms with Crippen LogP contribution in [0.4, 0.5) is 0 Å². The van der Waals surface area contributed by atoms with Crippen molar-refractivity contribution in [2.24, 2.45) is 0 Å². The fourth-order valence-corrected chi connectivity index (χ4v) is 3.75. The van der Waals surface area contributed by atoms with Crippen molar-refractivity contribution in [3.63, 3.8) is 0 Å². The van der Waals surface area contributed by atoms with E-state index in [1.54, 1.807) is 23.3 Å². The molecule has 138 valence electrons. The largest absolute Gasteiger partial charge is 0.468 e. The Morgan fingerprint density at radius 2 is 1.77 bits per heavy atom. The van der Waals surface area contributed by atoms with E-state index < -0.39 is 6.04 Å². The van der Waals surface area contributed by atoms with Crippen molar-refractivity contribution in [1.82, 2.24) is 14.7 Å². The minimum absolute atomic E-state index is 0.0338. The van der Waals surface area contributed by atoms with Gasteiger partial charge in [-0.05, 0) is 37.1 Å². The average Bonchev–Trinajstić information content (AvgIpc) is 3.43. The number of amides is 2. The minimum Gasteiger partial charge on any atom is -0.468 e. The number of carbonyl (C=O) groups excluding carboxylic acids is 2. The lowest BCUT2D eigenvalue weighted by Crippen LogP contribution is -2.60. The van der Waals surface area contributed by atoms with Crippen LogP contribution < -0.4 is 0 Å². The molecule has 0 aromatic carbocycles. The van der Waals surface area contributed by atoms with E-state index in [2.05, 4.69) is 4.90 Å². The molecule has 2 aliphatic rings. The summed E-state index contributed by atoms with van der Waals surface area (Å²) in [6.45, 7) is 3.87. The van der Waals surface area contributed by atoms with Gasteiger partial charge in [-0.3, -0.25) is 14.5 Å². The molecule has 0 saturated carbocycles. The van der Waals surface area contributed by atoms with Crippen molar-refractivity contribution in [2.45, 2.75) is 25.4 Å². The van der Waals surface area contributed by atoms with Gasteiger partial charge in [0.2, 0.25) is 5.91 Å². The summed E-state index contributed by atoms with van der Waals surface area (Å²) in [5.41, 5.74) is 0. The second-order valence-corrected chi connectivity index (χ2v) is 6.84. The molecule has 4 rings (SSSR count). The van der Waals surface area contributed by atoms with E-state index in [0.717, 1.165) is 31.7 Å². The van der Waals surface area contributed by atoms with Crippen molar-refractivity contribution >= 4 is 11.8 Å². The van der Waals surface area contributed by atoms with Gasteiger partial charge >= 0.3 is 0 Å².